The molecular formula is C23H28ClN3O4S. The van der Waals surface area contributed by atoms with Crippen LogP contribution in [0.5, 0.6) is 0 Å². The number of halogens is 1. The summed E-state index contributed by atoms with van der Waals surface area (Å²) in [7, 11) is -3.48. The molecule has 1 heterocycles. The first-order valence-electron chi connectivity index (χ1n) is 10.6. The Balaban J connectivity index is 1.59. The van der Waals surface area contributed by atoms with Gasteiger partial charge in [0, 0.05) is 30.1 Å². The van der Waals surface area contributed by atoms with Crippen LogP contribution in [0.4, 0.5) is 5.69 Å². The first kappa shape index (κ1) is 24.2. The lowest BCUT2D eigenvalue weighted by Gasteiger charge is -2.30. The fourth-order valence-electron chi connectivity index (χ4n) is 3.64. The molecule has 0 bridgehead atoms. The molecule has 2 amide bonds. The highest BCUT2D eigenvalue weighted by Crippen LogP contribution is 2.24. The number of benzene rings is 2. The zero-order chi connectivity index (χ0) is 23.3. The zero-order valence-corrected chi connectivity index (χ0v) is 19.7. The van der Waals surface area contributed by atoms with Gasteiger partial charge in [-0.25, -0.2) is 12.7 Å². The molecule has 9 heteroatoms. The summed E-state index contributed by atoms with van der Waals surface area (Å²) in [5.74, 6) is -0.874. The van der Waals surface area contributed by atoms with Crippen LogP contribution in [0.25, 0.3) is 0 Å². The summed E-state index contributed by atoms with van der Waals surface area (Å²) in [6.45, 7) is 4.30. The average molecular weight is 478 g/mol. The molecule has 3 rings (SSSR count). The summed E-state index contributed by atoms with van der Waals surface area (Å²) in [5.41, 5.74) is 1.52. The molecule has 0 saturated carbocycles. The third kappa shape index (κ3) is 6.31. The van der Waals surface area contributed by atoms with Gasteiger partial charge in [-0.1, -0.05) is 35.9 Å². The lowest BCUT2D eigenvalue weighted by atomic mass is 9.97. The van der Waals surface area contributed by atoms with E-state index in [0.717, 1.165) is 0 Å². The van der Waals surface area contributed by atoms with Gasteiger partial charge in [0.2, 0.25) is 15.9 Å². The average Bonchev–Trinajstić information content (AvgIpc) is 2.75. The number of hydrogen-bond donors (Lipinski definition) is 2. The number of nitrogens with zero attached hydrogens (tertiary/aromatic N) is 1. The molecule has 2 N–H and O–H groups in total. The molecule has 0 aliphatic carbocycles. The third-order valence-electron chi connectivity index (χ3n) is 5.33. The maximum Gasteiger partial charge on any atom is 0.253 e. The van der Waals surface area contributed by atoms with Crippen molar-refractivity contribution in [1.29, 1.82) is 0 Å². The summed E-state index contributed by atoms with van der Waals surface area (Å²) < 4.78 is 27.0. The van der Waals surface area contributed by atoms with E-state index < -0.39 is 10.0 Å². The number of para-hydroxylation sites is 1. The van der Waals surface area contributed by atoms with E-state index in [-0.39, 0.29) is 42.6 Å². The molecule has 1 aliphatic heterocycles. The fraction of sp³-hybridized carbons (Fsp3) is 0.391. The van der Waals surface area contributed by atoms with Gasteiger partial charge in [-0.2, -0.15) is 0 Å². The van der Waals surface area contributed by atoms with Crippen LogP contribution in [-0.4, -0.2) is 43.7 Å². The zero-order valence-electron chi connectivity index (χ0n) is 18.2. The second kappa shape index (κ2) is 10.5. The predicted molar refractivity (Wildman–Crippen MR) is 126 cm³/mol. The normalized spacial score (nSPS) is 15.5. The van der Waals surface area contributed by atoms with Crippen molar-refractivity contribution in [2.75, 3.05) is 18.4 Å². The highest BCUT2D eigenvalue weighted by molar-refractivity contribution is 7.88. The van der Waals surface area contributed by atoms with E-state index in [1.807, 2.05) is 13.8 Å². The van der Waals surface area contributed by atoms with Crippen LogP contribution in [0.1, 0.15) is 42.6 Å². The quantitative estimate of drug-likeness (QED) is 0.636. The number of rotatable bonds is 7. The van der Waals surface area contributed by atoms with E-state index in [1.54, 1.807) is 48.5 Å². The second-order valence-corrected chi connectivity index (χ2v) is 10.6. The Morgan fingerprint density at radius 3 is 2.31 bits per heavy atom. The number of sulfonamides is 1. The fourth-order valence-corrected chi connectivity index (χ4v) is 5.33. The molecule has 0 radical (unpaired) electrons. The molecule has 172 valence electrons. The first-order chi connectivity index (χ1) is 15.2. The summed E-state index contributed by atoms with van der Waals surface area (Å²) in [6, 6.07) is 13.6. The van der Waals surface area contributed by atoms with Gasteiger partial charge in [-0.3, -0.25) is 9.59 Å². The van der Waals surface area contributed by atoms with Crippen molar-refractivity contribution in [3.63, 3.8) is 0 Å². The van der Waals surface area contributed by atoms with Gasteiger partial charge in [0.05, 0.1) is 17.0 Å². The van der Waals surface area contributed by atoms with Gasteiger partial charge in [0.25, 0.3) is 5.91 Å². The standard InChI is InChI=1S/C23H28ClN3O4S/c1-16(2)25-23(29)20-5-3-4-6-21(20)26-22(28)18-11-13-27(14-12-18)32(30,31)15-17-7-9-19(24)10-8-17/h3-10,16,18H,11-15H2,1-2H3,(H,25,29)(H,26,28). The molecule has 2 aromatic carbocycles. The Morgan fingerprint density at radius 2 is 1.69 bits per heavy atom. The number of carbonyl (C=O) groups excluding carboxylic acids is 2. The minimum atomic E-state index is -3.48. The van der Waals surface area contributed by atoms with Gasteiger partial charge in [0.1, 0.15) is 0 Å². The van der Waals surface area contributed by atoms with Crippen LogP contribution in [0.15, 0.2) is 48.5 Å². The lowest BCUT2D eigenvalue weighted by Crippen LogP contribution is -2.42. The van der Waals surface area contributed by atoms with Crippen LogP contribution in [0.3, 0.4) is 0 Å². The predicted octanol–water partition coefficient (Wildman–Crippen LogP) is 3.66. The summed E-state index contributed by atoms with van der Waals surface area (Å²) in [4.78, 5) is 25.2. The Morgan fingerprint density at radius 1 is 1.06 bits per heavy atom. The topological polar surface area (TPSA) is 95.6 Å². The molecule has 1 fully saturated rings. The van der Waals surface area contributed by atoms with Gasteiger partial charge in [-0.15, -0.1) is 0 Å². The lowest BCUT2D eigenvalue weighted by molar-refractivity contribution is -0.120. The Hall–Kier alpha value is -2.42. The Labute approximate surface area is 194 Å². The van der Waals surface area contributed by atoms with Crippen molar-refractivity contribution < 1.29 is 18.0 Å². The maximum absolute atomic E-state index is 12.8. The molecule has 1 saturated heterocycles. The molecule has 2 aromatic rings. The van der Waals surface area contributed by atoms with Gasteiger partial charge >= 0.3 is 0 Å². The molecule has 32 heavy (non-hydrogen) atoms. The van der Waals surface area contributed by atoms with Crippen LogP contribution in [0.2, 0.25) is 5.02 Å². The minimum absolute atomic E-state index is 0.0228. The van der Waals surface area contributed by atoms with E-state index in [9.17, 15) is 18.0 Å². The smallest absolute Gasteiger partial charge is 0.253 e. The highest BCUT2D eigenvalue weighted by Gasteiger charge is 2.31. The van der Waals surface area contributed by atoms with E-state index in [0.29, 0.717) is 34.7 Å². The number of piperidine rings is 1. The van der Waals surface area contributed by atoms with Crippen LogP contribution >= 0.6 is 11.6 Å². The minimum Gasteiger partial charge on any atom is -0.350 e. The molecule has 7 nitrogen and oxygen atoms in total. The van der Waals surface area contributed by atoms with Crippen molar-refractivity contribution in [3.05, 3.63) is 64.7 Å². The van der Waals surface area contributed by atoms with E-state index in [4.69, 9.17) is 11.6 Å². The number of nitrogens with one attached hydrogen (secondary N) is 2. The van der Waals surface area contributed by atoms with Gasteiger partial charge < -0.3 is 10.6 Å². The number of anilines is 1. The summed E-state index contributed by atoms with van der Waals surface area (Å²) in [6.07, 6.45) is 0.845. The Kier molecular flexibility index (Phi) is 7.92. The second-order valence-electron chi connectivity index (χ2n) is 8.22. The largest absolute Gasteiger partial charge is 0.350 e. The van der Waals surface area contributed by atoms with Crippen molar-refractivity contribution in [2.45, 2.75) is 38.5 Å². The van der Waals surface area contributed by atoms with Crippen LogP contribution < -0.4 is 10.6 Å². The van der Waals surface area contributed by atoms with Crippen LogP contribution in [-0.2, 0) is 20.6 Å². The summed E-state index contributed by atoms with van der Waals surface area (Å²) in [5, 5.41) is 6.24. The van der Waals surface area contributed by atoms with Crippen LogP contribution in [0, 0.1) is 5.92 Å². The number of carbonyl (C=O) groups is 2. The monoisotopic (exact) mass is 477 g/mol. The highest BCUT2D eigenvalue weighted by atomic mass is 35.5. The molecular weight excluding hydrogens is 450 g/mol. The van der Waals surface area contributed by atoms with Crippen molar-refractivity contribution in [1.82, 2.24) is 9.62 Å². The van der Waals surface area contributed by atoms with E-state index in [2.05, 4.69) is 10.6 Å². The number of amides is 2. The maximum atomic E-state index is 12.8. The van der Waals surface area contributed by atoms with Crippen molar-refractivity contribution in [3.8, 4) is 0 Å². The molecule has 0 spiro atoms. The molecule has 0 atom stereocenters. The van der Waals surface area contributed by atoms with Gasteiger partial charge in [0.15, 0.2) is 0 Å². The van der Waals surface area contributed by atoms with Crippen molar-refractivity contribution >= 4 is 39.1 Å². The Bertz CT molecular complexity index is 1060. The van der Waals surface area contributed by atoms with Crippen molar-refractivity contribution in [2.24, 2.45) is 5.92 Å². The van der Waals surface area contributed by atoms with E-state index in [1.165, 1.54) is 4.31 Å². The molecule has 1 aliphatic rings. The summed E-state index contributed by atoms with van der Waals surface area (Å²) >= 11 is 5.86. The van der Waals surface area contributed by atoms with Gasteiger partial charge in [-0.05, 0) is 56.5 Å². The SMILES string of the molecule is CC(C)NC(=O)c1ccccc1NC(=O)C1CCN(S(=O)(=O)Cc2ccc(Cl)cc2)CC1. The first-order valence-corrected chi connectivity index (χ1v) is 12.6. The number of hydrogen-bond acceptors (Lipinski definition) is 4. The molecule has 0 unspecified atom stereocenters. The van der Waals surface area contributed by atoms with E-state index >= 15 is 0 Å². The third-order valence-corrected chi connectivity index (χ3v) is 7.43. The molecule has 0 aromatic heterocycles.